The number of nitrogens with zero attached hydrogens (tertiary/aromatic N) is 2. The van der Waals surface area contributed by atoms with Gasteiger partial charge < -0.3 is 15.0 Å². The highest BCUT2D eigenvalue weighted by Gasteiger charge is 2.32. The van der Waals surface area contributed by atoms with Crippen LogP contribution in [0.25, 0.3) is 0 Å². The van der Waals surface area contributed by atoms with Crippen LogP contribution in [0.1, 0.15) is 6.92 Å². The highest BCUT2D eigenvalue weighted by molar-refractivity contribution is 5.90. The predicted octanol–water partition coefficient (Wildman–Crippen LogP) is 1.27. The van der Waals surface area contributed by atoms with Crippen molar-refractivity contribution in [2.45, 2.75) is 19.3 Å². The van der Waals surface area contributed by atoms with Crippen LogP contribution in [0.5, 0.6) is 0 Å². The minimum absolute atomic E-state index is 0. The van der Waals surface area contributed by atoms with Gasteiger partial charge in [0.2, 0.25) is 5.91 Å². The lowest BCUT2D eigenvalue weighted by molar-refractivity contribution is -0.119. The van der Waals surface area contributed by atoms with Crippen LogP contribution in [0.3, 0.4) is 0 Å². The van der Waals surface area contributed by atoms with Crippen LogP contribution in [0, 0.1) is 0 Å². The molecule has 0 radical (unpaired) electrons. The summed E-state index contributed by atoms with van der Waals surface area (Å²) in [5.41, 5.74) is 1.64. The second-order valence-corrected chi connectivity index (χ2v) is 5.94. The fourth-order valence-corrected chi connectivity index (χ4v) is 2.88. The Morgan fingerprint density at radius 1 is 1.32 bits per heavy atom. The lowest BCUT2D eigenvalue weighted by Gasteiger charge is -2.31. The third-order valence-corrected chi connectivity index (χ3v) is 4.11. The average molecular weight is 373 g/mol. The summed E-state index contributed by atoms with van der Waals surface area (Å²) in [4.78, 5) is 26.4. The van der Waals surface area contributed by atoms with E-state index >= 15 is 0 Å². The molecule has 25 heavy (non-hydrogen) atoms. The summed E-state index contributed by atoms with van der Waals surface area (Å²) in [5.74, 6) is -0.156. The summed E-state index contributed by atoms with van der Waals surface area (Å²) in [6.45, 7) is 3.76. The van der Waals surface area contributed by atoms with Gasteiger partial charge >= 0.3 is 6.09 Å². The Morgan fingerprint density at radius 2 is 2.00 bits per heavy atom. The molecule has 138 valence electrons. The molecule has 0 spiro atoms. The number of rotatable bonds is 4. The van der Waals surface area contributed by atoms with Crippen molar-refractivity contribution in [3.63, 3.8) is 0 Å². The Hall–Kier alpha value is -2.06. The maximum Gasteiger partial charge on any atom is 0.414 e. The normalized spacial score (nSPS) is 23.0. The van der Waals surface area contributed by atoms with Crippen LogP contribution < -0.4 is 20.4 Å². The lowest BCUT2D eigenvalue weighted by Crippen LogP contribution is -2.48. The highest BCUT2D eigenvalue weighted by atomic mass is 35.5. The number of anilines is 2. The van der Waals surface area contributed by atoms with Gasteiger partial charge in [-0.3, -0.25) is 15.0 Å². The van der Waals surface area contributed by atoms with Gasteiger partial charge in [-0.05, 0) is 24.3 Å². The van der Waals surface area contributed by atoms with Gasteiger partial charge in [0.1, 0.15) is 6.10 Å². The van der Waals surface area contributed by atoms with E-state index in [0.717, 1.165) is 17.9 Å². The number of carbonyl (C=O) groups excluding carboxylic acids is 2. The van der Waals surface area contributed by atoms with E-state index in [1.54, 1.807) is 0 Å². The SMILES string of the molecule is CC(=O)NC[C@H]1CN(c2ccc(N3CCN[C@@H](F)C3)cc2)C(=O)O1.Cl. The molecule has 2 atom stereocenters. The Kier molecular flexibility index (Phi) is 6.44. The van der Waals surface area contributed by atoms with Crippen molar-refractivity contribution in [2.75, 3.05) is 42.5 Å². The van der Waals surface area contributed by atoms with E-state index in [1.807, 2.05) is 29.2 Å². The molecule has 2 aliphatic heterocycles. The van der Waals surface area contributed by atoms with E-state index in [1.165, 1.54) is 11.8 Å². The summed E-state index contributed by atoms with van der Waals surface area (Å²) >= 11 is 0. The monoisotopic (exact) mass is 372 g/mol. The van der Waals surface area contributed by atoms with Gasteiger partial charge in [0, 0.05) is 31.4 Å². The third kappa shape index (κ3) is 4.73. The number of piperazine rings is 1. The number of halogens is 2. The van der Waals surface area contributed by atoms with Crippen molar-refractivity contribution < 1.29 is 18.7 Å². The summed E-state index contributed by atoms with van der Waals surface area (Å²) in [7, 11) is 0. The molecule has 2 aliphatic rings. The number of ether oxygens (including phenoxy) is 1. The molecule has 2 fully saturated rings. The standard InChI is InChI=1S/C16H21FN4O3.ClH/c1-11(22)19-8-14-9-21(16(23)24-14)13-4-2-12(3-5-13)20-7-6-18-15(17)10-20;/h2-5,14-15,18H,6-10H2,1H3,(H,19,22);1H/t14-,15+;/m0./s1. The van der Waals surface area contributed by atoms with Crippen molar-refractivity contribution in [2.24, 2.45) is 0 Å². The van der Waals surface area contributed by atoms with Crippen LogP contribution in [0.15, 0.2) is 24.3 Å². The van der Waals surface area contributed by atoms with Crippen LogP contribution in [-0.2, 0) is 9.53 Å². The smallest absolute Gasteiger partial charge is 0.414 e. The van der Waals surface area contributed by atoms with Crippen molar-refractivity contribution in [3.05, 3.63) is 24.3 Å². The summed E-state index contributed by atoms with van der Waals surface area (Å²) < 4.78 is 18.7. The third-order valence-electron chi connectivity index (χ3n) is 4.11. The molecule has 9 heteroatoms. The second kappa shape index (κ2) is 8.35. The first-order valence-electron chi connectivity index (χ1n) is 7.98. The van der Waals surface area contributed by atoms with Crippen molar-refractivity contribution in [1.29, 1.82) is 0 Å². The molecular formula is C16H22ClFN4O3. The van der Waals surface area contributed by atoms with Crippen LogP contribution >= 0.6 is 12.4 Å². The van der Waals surface area contributed by atoms with Crippen LogP contribution in [-0.4, -0.2) is 57.1 Å². The van der Waals surface area contributed by atoms with E-state index < -0.39 is 12.4 Å². The summed E-state index contributed by atoms with van der Waals surface area (Å²) in [6, 6.07) is 7.41. The maximum atomic E-state index is 13.4. The molecule has 3 rings (SSSR count). The molecule has 2 saturated heterocycles. The van der Waals surface area contributed by atoms with Gasteiger partial charge in [-0.25, -0.2) is 9.18 Å². The molecular weight excluding hydrogens is 351 g/mol. The topological polar surface area (TPSA) is 73.9 Å². The van der Waals surface area contributed by atoms with Gasteiger partial charge in [-0.1, -0.05) is 0 Å². The second-order valence-electron chi connectivity index (χ2n) is 5.94. The zero-order chi connectivity index (χ0) is 17.1. The molecule has 0 saturated carbocycles. The van der Waals surface area contributed by atoms with Crippen molar-refractivity contribution in [1.82, 2.24) is 10.6 Å². The number of nitrogens with one attached hydrogen (secondary N) is 2. The number of amides is 2. The van der Waals surface area contributed by atoms with Gasteiger partial charge in [0.25, 0.3) is 0 Å². The number of hydrogen-bond donors (Lipinski definition) is 2. The van der Waals surface area contributed by atoms with Gasteiger partial charge in [0.05, 0.1) is 19.6 Å². The first-order chi connectivity index (χ1) is 11.5. The first-order valence-corrected chi connectivity index (χ1v) is 7.98. The number of benzene rings is 1. The molecule has 2 heterocycles. The molecule has 1 aromatic carbocycles. The molecule has 2 N–H and O–H groups in total. The fourth-order valence-electron chi connectivity index (χ4n) is 2.88. The molecule has 2 amide bonds. The molecule has 1 aromatic rings. The molecule has 0 bridgehead atoms. The van der Waals surface area contributed by atoms with Gasteiger partial charge in [-0.15, -0.1) is 12.4 Å². The lowest BCUT2D eigenvalue weighted by atomic mass is 10.2. The number of alkyl halides is 1. The Labute approximate surface area is 151 Å². The number of cyclic esters (lactones) is 1. The minimum Gasteiger partial charge on any atom is -0.442 e. The predicted molar refractivity (Wildman–Crippen MR) is 95.1 cm³/mol. The highest BCUT2D eigenvalue weighted by Crippen LogP contribution is 2.25. The van der Waals surface area contributed by atoms with E-state index in [4.69, 9.17) is 4.74 Å². The average Bonchev–Trinajstić information content (AvgIpc) is 2.94. The molecule has 0 aromatic heterocycles. The van der Waals surface area contributed by atoms with Crippen LogP contribution in [0.2, 0.25) is 0 Å². The zero-order valence-electron chi connectivity index (χ0n) is 13.9. The number of hydrogen-bond acceptors (Lipinski definition) is 5. The minimum atomic E-state index is -1.03. The van der Waals surface area contributed by atoms with E-state index in [9.17, 15) is 14.0 Å². The molecule has 0 aliphatic carbocycles. The maximum absolute atomic E-state index is 13.4. The number of carbonyl (C=O) groups is 2. The Morgan fingerprint density at radius 3 is 2.64 bits per heavy atom. The quantitative estimate of drug-likeness (QED) is 0.779. The fraction of sp³-hybridized carbons (Fsp3) is 0.500. The zero-order valence-corrected chi connectivity index (χ0v) is 14.7. The van der Waals surface area contributed by atoms with E-state index in [-0.39, 0.29) is 24.4 Å². The van der Waals surface area contributed by atoms with Crippen molar-refractivity contribution in [3.8, 4) is 0 Å². The van der Waals surface area contributed by atoms with Crippen LogP contribution in [0.4, 0.5) is 20.6 Å². The molecule has 0 unspecified atom stereocenters. The first kappa shape index (κ1) is 19.3. The largest absolute Gasteiger partial charge is 0.442 e. The molecule has 7 nitrogen and oxygen atoms in total. The van der Waals surface area contributed by atoms with Gasteiger partial charge in [0.15, 0.2) is 6.30 Å². The Bertz CT molecular complexity index is 616. The van der Waals surface area contributed by atoms with E-state index in [0.29, 0.717) is 26.2 Å². The Balaban J connectivity index is 0.00000225. The van der Waals surface area contributed by atoms with E-state index in [2.05, 4.69) is 10.6 Å². The summed E-state index contributed by atoms with van der Waals surface area (Å²) in [5, 5.41) is 5.41. The summed E-state index contributed by atoms with van der Waals surface area (Å²) in [6.07, 6.45) is -1.81. The van der Waals surface area contributed by atoms with Crippen molar-refractivity contribution >= 4 is 35.8 Å². The van der Waals surface area contributed by atoms with Gasteiger partial charge in [-0.2, -0.15) is 0 Å².